The Hall–Kier alpha value is -2.28. The van der Waals surface area contributed by atoms with Gasteiger partial charge in [-0.2, -0.15) is 0 Å². The fourth-order valence-electron chi connectivity index (χ4n) is 3.27. The predicted octanol–water partition coefficient (Wildman–Crippen LogP) is 3.69. The number of fused-ring (bicyclic) bond motifs is 1. The second-order valence-corrected chi connectivity index (χ2v) is 7.08. The molecule has 0 spiro atoms. The van der Waals surface area contributed by atoms with Crippen LogP contribution in [-0.2, 0) is 11.2 Å². The van der Waals surface area contributed by atoms with E-state index in [1.807, 2.05) is 25.1 Å². The van der Waals surface area contributed by atoms with Gasteiger partial charge in [-0.15, -0.1) is 0 Å². The Kier molecular flexibility index (Phi) is 5.36. The lowest BCUT2D eigenvalue weighted by molar-refractivity contribution is 0.0599. The van der Waals surface area contributed by atoms with Crippen molar-refractivity contribution in [3.05, 3.63) is 50.8 Å². The Morgan fingerprint density at radius 1 is 1.42 bits per heavy atom. The summed E-state index contributed by atoms with van der Waals surface area (Å²) >= 11 is 3.46. The third-order valence-corrected chi connectivity index (χ3v) is 5.11. The van der Waals surface area contributed by atoms with Crippen molar-refractivity contribution < 1.29 is 19.1 Å². The number of aryl methyl sites for hydroxylation is 1. The van der Waals surface area contributed by atoms with Crippen LogP contribution in [0, 0.1) is 6.92 Å². The van der Waals surface area contributed by atoms with Crippen LogP contribution in [0.1, 0.15) is 57.1 Å². The standard InChI is InChI=1S/C19H21BrN2O4/c1-4-13-16(19(24)25-3)10(2)17(21-13)18(23)22-14-7-8-26-15-6-5-11(20)9-12(14)15/h5-6,9,14,21H,4,7-8H2,1-3H3,(H,22,23). The zero-order chi connectivity index (χ0) is 18.8. The normalized spacial score (nSPS) is 15.8. The maximum absolute atomic E-state index is 12.9. The molecule has 0 fully saturated rings. The molecule has 1 unspecified atom stereocenters. The molecule has 7 heteroatoms. The molecule has 0 saturated carbocycles. The van der Waals surface area contributed by atoms with Crippen molar-refractivity contribution in [2.45, 2.75) is 32.7 Å². The number of carbonyl (C=O) groups is 2. The number of aromatic nitrogens is 1. The first kappa shape index (κ1) is 18.5. The summed E-state index contributed by atoms with van der Waals surface area (Å²) in [5, 5.41) is 3.06. The average Bonchev–Trinajstić information content (AvgIpc) is 2.98. The average molecular weight is 421 g/mol. The zero-order valence-electron chi connectivity index (χ0n) is 14.9. The van der Waals surface area contributed by atoms with Crippen LogP contribution in [0.3, 0.4) is 0 Å². The van der Waals surface area contributed by atoms with Crippen LogP contribution in [0.2, 0.25) is 0 Å². The molecule has 1 aromatic heterocycles. The molecule has 2 N–H and O–H groups in total. The minimum atomic E-state index is -0.435. The van der Waals surface area contributed by atoms with E-state index >= 15 is 0 Å². The number of halogens is 1. The highest BCUT2D eigenvalue weighted by atomic mass is 79.9. The van der Waals surface area contributed by atoms with Crippen molar-refractivity contribution >= 4 is 27.8 Å². The van der Waals surface area contributed by atoms with Crippen LogP contribution < -0.4 is 10.1 Å². The highest BCUT2D eigenvalue weighted by molar-refractivity contribution is 9.10. The lowest BCUT2D eigenvalue weighted by Gasteiger charge is -2.27. The number of H-pyrrole nitrogens is 1. The number of methoxy groups -OCH3 is 1. The summed E-state index contributed by atoms with van der Waals surface area (Å²) in [6.07, 6.45) is 1.28. The SMILES string of the molecule is CCc1[nH]c(C(=O)NC2CCOc3ccc(Br)cc32)c(C)c1C(=O)OC. The first-order chi connectivity index (χ1) is 12.5. The first-order valence-corrected chi connectivity index (χ1v) is 9.28. The van der Waals surface area contributed by atoms with Gasteiger partial charge in [-0.05, 0) is 37.1 Å². The lowest BCUT2D eigenvalue weighted by atomic mass is 10.00. The Bertz CT molecular complexity index is 859. The highest BCUT2D eigenvalue weighted by Crippen LogP contribution is 2.34. The molecular formula is C19H21BrN2O4. The van der Waals surface area contributed by atoms with Crippen molar-refractivity contribution in [1.82, 2.24) is 10.3 Å². The summed E-state index contributed by atoms with van der Waals surface area (Å²) in [5.41, 5.74) is 3.08. The van der Waals surface area contributed by atoms with Gasteiger partial charge in [0.2, 0.25) is 0 Å². The van der Waals surface area contributed by atoms with E-state index in [0.29, 0.717) is 42.0 Å². The zero-order valence-corrected chi connectivity index (χ0v) is 16.5. The van der Waals surface area contributed by atoms with Gasteiger partial charge in [0.15, 0.2) is 0 Å². The molecule has 0 radical (unpaired) electrons. The summed E-state index contributed by atoms with van der Waals surface area (Å²) in [6, 6.07) is 5.60. The van der Waals surface area contributed by atoms with Crippen molar-refractivity contribution in [3.8, 4) is 5.75 Å². The predicted molar refractivity (Wildman–Crippen MR) is 101 cm³/mol. The van der Waals surface area contributed by atoms with Crippen LogP contribution in [0.4, 0.5) is 0 Å². The molecule has 1 amide bonds. The van der Waals surface area contributed by atoms with Gasteiger partial charge in [-0.25, -0.2) is 4.79 Å². The van der Waals surface area contributed by atoms with E-state index < -0.39 is 5.97 Å². The Morgan fingerprint density at radius 3 is 2.88 bits per heavy atom. The molecule has 1 aromatic carbocycles. The van der Waals surface area contributed by atoms with E-state index in [9.17, 15) is 9.59 Å². The van der Waals surface area contributed by atoms with Crippen molar-refractivity contribution in [1.29, 1.82) is 0 Å². The van der Waals surface area contributed by atoms with Crippen LogP contribution in [-0.4, -0.2) is 30.6 Å². The second kappa shape index (κ2) is 7.53. The maximum atomic E-state index is 12.9. The number of aromatic amines is 1. The van der Waals surface area contributed by atoms with Crippen molar-refractivity contribution in [2.75, 3.05) is 13.7 Å². The molecule has 0 saturated heterocycles. The van der Waals surface area contributed by atoms with E-state index in [2.05, 4.69) is 26.2 Å². The Balaban J connectivity index is 1.89. The molecule has 0 aliphatic carbocycles. The number of esters is 1. The first-order valence-electron chi connectivity index (χ1n) is 8.49. The van der Waals surface area contributed by atoms with Gasteiger partial charge in [0.1, 0.15) is 11.4 Å². The van der Waals surface area contributed by atoms with Crippen LogP contribution in [0.25, 0.3) is 0 Å². The third-order valence-electron chi connectivity index (χ3n) is 4.61. The van der Waals surface area contributed by atoms with Crippen LogP contribution >= 0.6 is 15.9 Å². The van der Waals surface area contributed by atoms with E-state index in [-0.39, 0.29) is 11.9 Å². The Morgan fingerprint density at radius 2 is 2.19 bits per heavy atom. The number of rotatable bonds is 4. The molecule has 3 rings (SSSR count). The molecule has 138 valence electrons. The van der Waals surface area contributed by atoms with Gasteiger partial charge in [-0.3, -0.25) is 4.79 Å². The van der Waals surface area contributed by atoms with E-state index in [0.717, 1.165) is 15.8 Å². The Labute approximate surface area is 160 Å². The van der Waals surface area contributed by atoms with Crippen LogP contribution in [0.5, 0.6) is 5.75 Å². The van der Waals surface area contributed by atoms with E-state index in [1.165, 1.54) is 7.11 Å². The summed E-state index contributed by atoms with van der Waals surface area (Å²) in [7, 11) is 1.34. The van der Waals surface area contributed by atoms with Gasteiger partial charge < -0.3 is 19.8 Å². The molecule has 6 nitrogen and oxygen atoms in total. The number of hydrogen-bond donors (Lipinski definition) is 2. The number of carbonyl (C=O) groups excluding carboxylic acids is 2. The summed E-state index contributed by atoms with van der Waals surface area (Å²) in [6.45, 7) is 4.22. The largest absolute Gasteiger partial charge is 0.493 e. The van der Waals surface area contributed by atoms with Gasteiger partial charge >= 0.3 is 5.97 Å². The third kappa shape index (κ3) is 3.35. The topological polar surface area (TPSA) is 80.4 Å². The van der Waals surface area contributed by atoms with Gasteiger partial charge in [0.25, 0.3) is 5.91 Å². The minimum absolute atomic E-state index is 0.155. The highest BCUT2D eigenvalue weighted by Gasteiger charge is 2.27. The number of hydrogen-bond acceptors (Lipinski definition) is 4. The molecular weight excluding hydrogens is 400 g/mol. The molecule has 1 aliphatic heterocycles. The van der Waals surface area contributed by atoms with Gasteiger partial charge in [-0.1, -0.05) is 22.9 Å². The number of amides is 1. The van der Waals surface area contributed by atoms with Gasteiger partial charge in [0.05, 0.1) is 25.3 Å². The van der Waals surface area contributed by atoms with E-state index in [1.54, 1.807) is 6.92 Å². The molecule has 1 atom stereocenters. The van der Waals surface area contributed by atoms with E-state index in [4.69, 9.17) is 9.47 Å². The van der Waals surface area contributed by atoms with Crippen LogP contribution in [0.15, 0.2) is 22.7 Å². The molecule has 2 aromatic rings. The number of ether oxygens (including phenoxy) is 2. The number of benzene rings is 1. The van der Waals surface area contributed by atoms with Gasteiger partial charge in [0, 0.05) is 22.2 Å². The molecule has 2 heterocycles. The maximum Gasteiger partial charge on any atom is 0.339 e. The molecule has 1 aliphatic rings. The lowest BCUT2D eigenvalue weighted by Crippen LogP contribution is -2.32. The fourth-order valence-corrected chi connectivity index (χ4v) is 3.65. The fraction of sp³-hybridized carbons (Fsp3) is 0.368. The monoisotopic (exact) mass is 420 g/mol. The summed E-state index contributed by atoms with van der Waals surface area (Å²) in [4.78, 5) is 28.0. The van der Waals surface area contributed by atoms with Crippen molar-refractivity contribution in [2.24, 2.45) is 0 Å². The summed E-state index contributed by atoms with van der Waals surface area (Å²) < 4.78 is 11.4. The van der Waals surface area contributed by atoms with Crippen molar-refractivity contribution in [3.63, 3.8) is 0 Å². The second-order valence-electron chi connectivity index (χ2n) is 6.17. The number of nitrogens with one attached hydrogen (secondary N) is 2. The molecule has 0 bridgehead atoms. The molecule has 26 heavy (non-hydrogen) atoms. The quantitative estimate of drug-likeness (QED) is 0.739. The minimum Gasteiger partial charge on any atom is -0.493 e. The smallest absolute Gasteiger partial charge is 0.339 e. The summed E-state index contributed by atoms with van der Waals surface area (Å²) in [5.74, 6) is 0.0950.